The van der Waals surface area contributed by atoms with Gasteiger partial charge in [0.05, 0.1) is 11.8 Å². The standard InChI is InChI=1S/C15H11F3N4O3S/c16-15(17,18)9-3-1-8(2-4-9)11(19)21-25-13(24)10-7-20-14-22(12(10)23)5-6-26-14/h1-4,7H,5-6H2,(H2,19,21). The molecule has 1 aromatic carbocycles. The molecule has 2 aromatic rings. The van der Waals surface area contributed by atoms with Crippen LogP contribution in [0.4, 0.5) is 13.2 Å². The van der Waals surface area contributed by atoms with Crippen LogP contribution in [0.25, 0.3) is 0 Å². The molecule has 1 aliphatic rings. The highest BCUT2D eigenvalue weighted by Gasteiger charge is 2.30. The van der Waals surface area contributed by atoms with E-state index in [0.29, 0.717) is 17.5 Å². The number of rotatable bonds is 3. The molecule has 11 heteroatoms. The second-order valence-corrected chi connectivity index (χ2v) is 6.25. The zero-order chi connectivity index (χ0) is 18.9. The van der Waals surface area contributed by atoms with Gasteiger partial charge in [-0.25, -0.2) is 9.78 Å². The summed E-state index contributed by atoms with van der Waals surface area (Å²) in [4.78, 5) is 32.8. The van der Waals surface area contributed by atoms with E-state index in [4.69, 9.17) is 5.73 Å². The Bertz CT molecular complexity index is 939. The van der Waals surface area contributed by atoms with Crippen molar-refractivity contribution in [3.05, 3.63) is 57.5 Å². The summed E-state index contributed by atoms with van der Waals surface area (Å²) in [6.45, 7) is 0.434. The summed E-state index contributed by atoms with van der Waals surface area (Å²) >= 11 is 1.39. The van der Waals surface area contributed by atoms with Crippen molar-refractivity contribution in [1.29, 1.82) is 0 Å². The molecule has 0 unspecified atom stereocenters. The number of carbonyl (C=O) groups excluding carboxylic acids is 1. The number of halogens is 3. The molecular weight excluding hydrogens is 373 g/mol. The molecule has 3 rings (SSSR count). The molecule has 0 aliphatic carbocycles. The molecule has 0 spiro atoms. The van der Waals surface area contributed by atoms with Crippen LogP contribution in [0.3, 0.4) is 0 Å². The summed E-state index contributed by atoms with van der Waals surface area (Å²) in [7, 11) is 0. The molecule has 1 aliphatic heterocycles. The smallest absolute Gasteiger partial charge is 0.380 e. The molecule has 0 bridgehead atoms. The van der Waals surface area contributed by atoms with Crippen LogP contribution >= 0.6 is 11.8 Å². The zero-order valence-corrected chi connectivity index (χ0v) is 13.8. The van der Waals surface area contributed by atoms with Gasteiger partial charge in [0, 0.05) is 17.9 Å². The van der Waals surface area contributed by atoms with Crippen molar-refractivity contribution in [3.8, 4) is 0 Å². The summed E-state index contributed by atoms with van der Waals surface area (Å²) in [5, 5.41) is 3.89. The average Bonchev–Trinajstić information content (AvgIpc) is 3.08. The van der Waals surface area contributed by atoms with E-state index in [9.17, 15) is 22.8 Å². The fraction of sp³-hybridized carbons (Fsp3) is 0.200. The van der Waals surface area contributed by atoms with Gasteiger partial charge < -0.3 is 10.6 Å². The molecule has 7 nitrogen and oxygen atoms in total. The van der Waals surface area contributed by atoms with Crippen molar-refractivity contribution >= 4 is 23.6 Å². The van der Waals surface area contributed by atoms with Crippen molar-refractivity contribution in [2.75, 3.05) is 5.75 Å². The van der Waals surface area contributed by atoms with Gasteiger partial charge >= 0.3 is 12.1 Å². The van der Waals surface area contributed by atoms with E-state index in [1.165, 1.54) is 16.3 Å². The topological polar surface area (TPSA) is 99.6 Å². The van der Waals surface area contributed by atoms with Gasteiger partial charge in [-0.05, 0) is 12.1 Å². The molecule has 0 saturated heterocycles. The molecule has 0 amide bonds. The number of aromatic nitrogens is 2. The van der Waals surface area contributed by atoms with Gasteiger partial charge in [-0.15, -0.1) is 0 Å². The SMILES string of the molecule is N/C(=N/OC(=O)c1cnc2n(c1=O)CCS2)c1ccc(C(F)(F)F)cc1. The Balaban J connectivity index is 1.75. The number of thioether (sulfide) groups is 1. The third kappa shape index (κ3) is 3.57. The molecule has 26 heavy (non-hydrogen) atoms. The van der Waals surface area contributed by atoms with Crippen molar-refractivity contribution in [2.45, 2.75) is 17.9 Å². The first-order valence-electron chi connectivity index (χ1n) is 7.22. The highest BCUT2D eigenvalue weighted by atomic mass is 32.2. The highest BCUT2D eigenvalue weighted by molar-refractivity contribution is 7.99. The first-order chi connectivity index (χ1) is 12.3. The number of nitrogens with zero attached hydrogens (tertiary/aromatic N) is 3. The van der Waals surface area contributed by atoms with Gasteiger partial charge in [-0.2, -0.15) is 13.2 Å². The maximum atomic E-state index is 12.5. The van der Waals surface area contributed by atoms with Crippen LogP contribution in [0.2, 0.25) is 0 Å². The number of carbonyl (C=O) groups is 1. The Morgan fingerprint density at radius 1 is 1.31 bits per heavy atom. The van der Waals surface area contributed by atoms with E-state index < -0.39 is 23.3 Å². The molecule has 0 saturated carbocycles. The number of fused-ring (bicyclic) bond motifs is 1. The quantitative estimate of drug-likeness (QED) is 0.285. The lowest BCUT2D eigenvalue weighted by molar-refractivity contribution is -0.137. The third-order valence-electron chi connectivity index (χ3n) is 3.51. The van der Waals surface area contributed by atoms with E-state index in [0.717, 1.165) is 30.5 Å². The van der Waals surface area contributed by atoms with Crippen molar-refractivity contribution < 1.29 is 22.8 Å². The Kier molecular flexibility index (Phi) is 4.72. The van der Waals surface area contributed by atoms with Crippen molar-refractivity contribution in [3.63, 3.8) is 0 Å². The lowest BCUT2D eigenvalue weighted by Gasteiger charge is -2.07. The predicted octanol–water partition coefficient (Wildman–Crippen LogP) is 1.85. The van der Waals surface area contributed by atoms with Crippen molar-refractivity contribution in [2.24, 2.45) is 10.9 Å². The Morgan fingerprint density at radius 3 is 2.65 bits per heavy atom. The van der Waals surface area contributed by atoms with Gasteiger partial charge in [0.2, 0.25) is 0 Å². The largest absolute Gasteiger partial charge is 0.416 e. The zero-order valence-electron chi connectivity index (χ0n) is 13.0. The minimum absolute atomic E-state index is 0.131. The average molecular weight is 384 g/mol. The fourth-order valence-corrected chi connectivity index (χ4v) is 3.09. The molecular formula is C15H11F3N4O3S. The number of benzene rings is 1. The van der Waals surface area contributed by atoms with Crippen LogP contribution in [0.1, 0.15) is 21.5 Å². The van der Waals surface area contributed by atoms with Gasteiger partial charge in [0.15, 0.2) is 11.0 Å². The van der Waals surface area contributed by atoms with Gasteiger partial charge in [0.1, 0.15) is 5.56 Å². The molecule has 0 atom stereocenters. The van der Waals surface area contributed by atoms with E-state index in [1.807, 2.05) is 0 Å². The summed E-state index contributed by atoms with van der Waals surface area (Å²) in [6, 6.07) is 3.85. The third-order valence-corrected chi connectivity index (χ3v) is 4.48. The summed E-state index contributed by atoms with van der Waals surface area (Å²) in [5.41, 5.74) is 4.03. The van der Waals surface area contributed by atoms with Gasteiger partial charge in [0.25, 0.3) is 5.56 Å². The Labute approximate surface area is 148 Å². The minimum Gasteiger partial charge on any atom is -0.380 e. The number of oxime groups is 1. The van der Waals surface area contributed by atoms with E-state index in [-0.39, 0.29) is 17.0 Å². The first kappa shape index (κ1) is 18.0. The number of hydrogen-bond donors (Lipinski definition) is 1. The van der Waals surface area contributed by atoms with E-state index >= 15 is 0 Å². The number of alkyl halides is 3. The maximum Gasteiger partial charge on any atom is 0.416 e. The molecule has 1 aromatic heterocycles. The molecule has 2 N–H and O–H groups in total. The number of nitrogens with two attached hydrogens (primary N) is 1. The lowest BCUT2D eigenvalue weighted by atomic mass is 10.1. The van der Waals surface area contributed by atoms with Crippen LogP contribution < -0.4 is 11.3 Å². The molecule has 0 fully saturated rings. The second-order valence-electron chi connectivity index (χ2n) is 5.19. The van der Waals surface area contributed by atoms with Crippen LogP contribution in [0.5, 0.6) is 0 Å². The first-order valence-corrected chi connectivity index (χ1v) is 8.21. The van der Waals surface area contributed by atoms with E-state index in [1.54, 1.807) is 0 Å². The Morgan fingerprint density at radius 2 is 2.00 bits per heavy atom. The maximum absolute atomic E-state index is 12.5. The summed E-state index contributed by atoms with van der Waals surface area (Å²) in [6.07, 6.45) is -3.38. The van der Waals surface area contributed by atoms with Crippen LogP contribution in [0.15, 0.2) is 45.6 Å². The van der Waals surface area contributed by atoms with Crippen LogP contribution in [-0.4, -0.2) is 27.1 Å². The van der Waals surface area contributed by atoms with E-state index in [2.05, 4.69) is 15.0 Å². The fourth-order valence-electron chi connectivity index (χ4n) is 2.18. The molecule has 136 valence electrons. The number of amidine groups is 1. The van der Waals surface area contributed by atoms with Gasteiger partial charge in [-0.3, -0.25) is 9.36 Å². The highest BCUT2D eigenvalue weighted by Crippen LogP contribution is 2.29. The Hall–Kier alpha value is -2.82. The van der Waals surface area contributed by atoms with Gasteiger partial charge in [-0.1, -0.05) is 29.1 Å². The minimum atomic E-state index is -4.47. The summed E-state index contributed by atoms with van der Waals surface area (Å²) < 4.78 is 38.9. The van der Waals surface area contributed by atoms with Crippen LogP contribution in [0, 0.1) is 0 Å². The summed E-state index contributed by atoms with van der Waals surface area (Å²) in [5.74, 6) is -0.679. The lowest BCUT2D eigenvalue weighted by Crippen LogP contribution is -2.27. The molecule has 2 heterocycles. The van der Waals surface area contributed by atoms with Crippen molar-refractivity contribution in [1.82, 2.24) is 9.55 Å². The second kappa shape index (κ2) is 6.83. The van der Waals surface area contributed by atoms with Crippen LogP contribution in [-0.2, 0) is 17.6 Å². The monoisotopic (exact) mass is 384 g/mol. The normalized spacial score (nSPS) is 14.2. The predicted molar refractivity (Wildman–Crippen MR) is 86.8 cm³/mol. The number of hydrogen-bond acceptors (Lipinski definition) is 6. The molecule has 0 radical (unpaired) electrons.